The number of carbonyl (C=O) groups is 1. The van der Waals surface area contributed by atoms with Gasteiger partial charge in [-0.2, -0.15) is 4.89 Å². The van der Waals surface area contributed by atoms with Crippen LogP contribution in [0.1, 0.15) is 31.1 Å². The Labute approximate surface area is 137 Å². The van der Waals surface area contributed by atoms with E-state index in [1.807, 2.05) is 24.3 Å². The van der Waals surface area contributed by atoms with Gasteiger partial charge < -0.3 is 0 Å². The van der Waals surface area contributed by atoms with Crippen LogP contribution in [0.5, 0.6) is 0 Å². The maximum atomic E-state index is 12.5. The summed E-state index contributed by atoms with van der Waals surface area (Å²) in [6.45, 7) is 5.37. The van der Waals surface area contributed by atoms with E-state index in [1.54, 1.807) is 39.0 Å². The van der Waals surface area contributed by atoms with Crippen molar-refractivity contribution in [3.63, 3.8) is 0 Å². The van der Waals surface area contributed by atoms with E-state index in [4.69, 9.17) is 9.78 Å². The molecule has 0 atom stereocenters. The summed E-state index contributed by atoms with van der Waals surface area (Å²) in [7, 11) is 0. The number of rotatable bonds is 2. The fraction of sp³-hybridized carbons (Fsp3) is 0.222. The van der Waals surface area contributed by atoms with Gasteiger partial charge in [0.2, 0.25) is 0 Å². The molecule has 5 heteroatoms. The average molecular weight is 328 g/mol. The second-order valence-electron chi connectivity index (χ2n) is 6.20. The monoisotopic (exact) mass is 328 g/mol. The molecule has 0 N–H and O–H groups in total. The van der Waals surface area contributed by atoms with Crippen LogP contribution in [0.3, 0.4) is 0 Å². The van der Waals surface area contributed by atoms with Crippen molar-refractivity contribution < 1.29 is 14.6 Å². The third-order valence-electron chi connectivity index (χ3n) is 3.18. The zero-order valence-electron chi connectivity index (χ0n) is 13.1. The lowest BCUT2D eigenvalue weighted by Gasteiger charge is -2.16. The maximum absolute atomic E-state index is 12.5. The summed E-state index contributed by atoms with van der Waals surface area (Å²) in [4.78, 5) is 34.4. The summed E-state index contributed by atoms with van der Waals surface area (Å²) in [5, 5.41) is 1.29. The molecule has 0 bridgehead atoms. The predicted molar refractivity (Wildman–Crippen MR) is 91.9 cm³/mol. The minimum Gasteiger partial charge on any atom is -0.292 e. The summed E-state index contributed by atoms with van der Waals surface area (Å²) in [6.07, 6.45) is 0. The molecule has 1 aromatic heterocycles. The molecule has 0 saturated heterocycles. The van der Waals surface area contributed by atoms with Crippen molar-refractivity contribution >= 4 is 37.5 Å². The van der Waals surface area contributed by atoms with Gasteiger partial charge in [-0.25, -0.2) is 4.79 Å². The lowest BCUT2D eigenvalue weighted by atomic mass is 10.1. The van der Waals surface area contributed by atoms with Crippen LogP contribution >= 0.6 is 11.3 Å². The summed E-state index contributed by atoms with van der Waals surface area (Å²) >= 11 is 1.47. The van der Waals surface area contributed by atoms with E-state index >= 15 is 0 Å². The molecule has 118 valence electrons. The van der Waals surface area contributed by atoms with Gasteiger partial charge in [0, 0.05) is 20.2 Å². The Morgan fingerprint density at radius 1 is 1.00 bits per heavy atom. The number of hydrogen-bond donors (Lipinski definition) is 0. The Hall–Kier alpha value is -2.24. The molecule has 0 aliphatic carbocycles. The maximum Gasteiger partial charge on any atom is 0.373 e. The molecule has 0 unspecified atom stereocenters. The topological polar surface area (TPSA) is 52.6 Å². The molecule has 0 aliphatic rings. The predicted octanol–water partition coefficient (Wildman–Crippen LogP) is 4.30. The van der Waals surface area contributed by atoms with Gasteiger partial charge in [-0.05, 0) is 51.1 Å². The lowest BCUT2D eigenvalue weighted by Crippen LogP contribution is -2.21. The van der Waals surface area contributed by atoms with Gasteiger partial charge >= 0.3 is 5.97 Å². The van der Waals surface area contributed by atoms with Crippen molar-refractivity contribution in [1.82, 2.24) is 0 Å². The minimum atomic E-state index is -0.576. The fourth-order valence-corrected chi connectivity index (χ4v) is 3.25. The zero-order chi connectivity index (χ0) is 16.6. The van der Waals surface area contributed by atoms with Crippen molar-refractivity contribution in [2.75, 3.05) is 0 Å². The highest BCUT2D eigenvalue weighted by molar-refractivity contribution is 7.24. The van der Waals surface area contributed by atoms with E-state index in [1.165, 1.54) is 11.3 Å². The Balaban J connectivity index is 2.03. The highest BCUT2D eigenvalue weighted by atomic mass is 32.1. The highest BCUT2D eigenvalue weighted by Gasteiger charge is 2.17. The van der Waals surface area contributed by atoms with Gasteiger partial charge in [0.05, 0.1) is 5.56 Å². The molecule has 0 spiro atoms. The molecular formula is C18H16O4S. The summed E-state index contributed by atoms with van der Waals surface area (Å²) in [6, 6.07) is 12.4. The van der Waals surface area contributed by atoms with Crippen molar-refractivity contribution in [3.05, 3.63) is 58.3 Å². The van der Waals surface area contributed by atoms with E-state index in [0.29, 0.717) is 16.3 Å². The molecule has 4 nitrogen and oxygen atoms in total. The largest absolute Gasteiger partial charge is 0.373 e. The summed E-state index contributed by atoms with van der Waals surface area (Å²) in [5.41, 5.74) is -0.249. The number of benzene rings is 2. The molecule has 0 saturated carbocycles. The van der Waals surface area contributed by atoms with Gasteiger partial charge in [-0.15, -0.1) is 11.3 Å². The normalized spacial score (nSPS) is 11.8. The number of fused-ring (bicyclic) bond motifs is 2. The molecule has 2 aromatic carbocycles. The second kappa shape index (κ2) is 5.76. The van der Waals surface area contributed by atoms with Crippen LogP contribution in [0, 0.1) is 0 Å². The van der Waals surface area contributed by atoms with Gasteiger partial charge in [0.1, 0.15) is 5.60 Å². The Kier molecular flexibility index (Phi) is 3.92. The van der Waals surface area contributed by atoms with E-state index < -0.39 is 11.6 Å². The lowest BCUT2D eigenvalue weighted by molar-refractivity contribution is -0.301. The van der Waals surface area contributed by atoms with Crippen LogP contribution in [0.25, 0.3) is 20.2 Å². The van der Waals surface area contributed by atoms with E-state index in [0.717, 1.165) is 9.40 Å². The van der Waals surface area contributed by atoms with Gasteiger partial charge in [0.25, 0.3) is 0 Å². The quantitative estimate of drug-likeness (QED) is 0.400. The van der Waals surface area contributed by atoms with E-state index in [2.05, 4.69) is 0 Å². The van der Waals surface area contributed by atoms with Gasteiger partial charge in [-0.3, -0.25) is 9.68 Å². The fourth-order valence-electron chi connectivity index (χ4n) is 2.14. The highest BCUT2D eigenvalue weighted by Crippen LogP contribution is 2.25. The van der Waals surface area contributed by atoms with Crippen LogP contribution < -0.4 is 5.43 Å². The Bertz CT molecular complexity index is 951. The van der Waals surface area contributed by atoms with Crippen LogP contribution in [0.2, 0.25) is 0 Å². The molecule has 23 heavy (non-hydrogen) atoms. The SMILES string of the molecule is CC(C)(C)OOC(=O)c1ccc2c(=O)c3ccccc3sc2c1. The third-order valence-corrected chi connectivity index (χ3v) is 4.31. The first kappa shape index (κ1) is 15.6. The number of carbonyl (C=O) groups excluding carboxylic acids is 1. The average Bonchev–Trinajstić information content (AvgIpc) is 2.51. The van der Waals surface area contributed by atoms with Crippen molar-refractivity contribution in [1.29, 1.82) is 0 Å². The van der Waals surface area contributed by atoms with Gasteiger partial charge in [-0.1, -0.05) is 12.1 Å². The molecule has 0 amide bonds. The Morgan fingerprint density at radius 2 is 1.70 bits per heavy atom. The standard InChI is InChI=1S/C18H16O4S/c1-18(2,3)22-21-17(20)11-8-9-13-15(10-11)23-14-7-5-4-6-12(14)16(13)19/h4-10H,1-3H3. The zero-order valence-corrected chi connectivity index (χ0v) is 13.9. The second-order valence-corrected chi connectivity index (χ2v) is 7.29. The van der Waals surface area contributed by atoms with Crippen LogP contribution in [0.4, 0.5) is 0 Å². The molecule has 0 aliphatic heterocycles. The first-order valence-electron chi connectivity index (χ1n) is 7.21. The van der Waals surface area contributed by atoms with Crippen molar-refractivity contribution in [2.24, 2.45) is 0 Å². The summed E-state index contributed by atoms with van der Waals surface area (Å²) in [5.74, 6) is -0.574. The minimum absolute atomic E-state index is 0.0276. The van der Waals surface area contributed by atoms with Crippen molar-refractivity contribution in [2.45, 2.75) is 26.4 Å². The molecule has 0 radical (unpaired) electrons. The first-order valence-corrected chi connectivity index (χ1v) is 8.02. The van der Waals surface area contributed by atoms with Gasteiger partial charge in [0.15, 0.2) is 5.43 Å². The Morgan fingerprint density at radius 3 is 2.43 bits per heavy atom. The van der Waals surface area contributed by atoms with Crippen molar-refractivity contribution in [3.8, 4) is 0 Å². The molecule has 3 rings (SSSR count). The number of hydrogen-bond acceptors (Lipinski definition) is 5. The molecule has 3 aromatic rings. The smallest absolute Gasteiger partial charge is 0.292 e. The molecule has 0 fully saturated rings. The van der Waals surface area contributed by atoms with E-state index in [-0.39, 0.29) is 5.43 Å². The third kappa shape index (κ3) is 3.25. The van der Waals surface area contributed by atoms with Crippen LogP contribution in [-0.4, -0.2) is 11.6 Å². The molecule has 1 heterocycles. The molecular weight excluding hydrogens is 312 g/mol. The van der Waals surface area contributed by atoms with E-state index in [9.17, 15) is 9.59 Å². The summed E-state index contributed by atoms with van der Waals surface area (Å²) < 4.78 is 1.64. The van der Waals surface area contributed by atoms with Crippen LogP contribution in [0.15, 0.2) is 47.3 Å². The first-order chi connectivity index (χ1) is 10.8. The van der Waals surface area contributed by atoms with Crippen LogP contribution in [-0.2, 0) is 9.78 Å².